The molecule has 1 heterocycles. The largest absolute Gasteiger partial charge is 0.505 e. The summed E-state index contributed by atoms with van der Waals surface area (Å²) in [4.78, 5) is 2.29. The lowest BCUT2D eigenvalue weighted by atomic mass is 9.78. The van der Waals surface area contributed by atoms with E-state index in [4.69, 9.17) is 23.2 Å². The number of rotatable bonds is 2. The van der Waals surface area contributed by atoms with E-state index in [2.05, 4.69) is 11.9 Å². The second kappa shape index (κ2) is 5.62. The summed E-state index contributed by atoms with van der Waals surface area (Å²) in [6.07, 6.45) is 2.81. The monoisotopic (exact) mass is 365 g/mol. The molecule has 2 nitrogen and oxygen atoms in total. The van der Waals surface area contributed by atoms with Crippen molar-refractivity contribution in [2.45, 2.75) is 30.7 Å². The van der Waals surface area contributed by atoms with E-state index in [0.717, 1.165) is 42.5 Å². The number of phenolic OH excluding ortho intramolecular Hbond substituents is 1. The van der Waals surface area contributed by atoms with Gasteiger partial charge in [0.2, 0.25) is 0 Å². The first-order valence-electron chi connectivity index (χ1n) is 8.09. The maximum atomic E-state index is 13.8. The Kier molecular flexibility index (Phi) is 3.79. The summed E-state index contributed by atoms with van der Waals surface area (Å²) in [6, 6.07) is 8.80. The Morgan fingerprint density at radius 3 is 2.62 bits per heavy atom. The number of aromatic hydroxyl groups is 1. The standard InChI is InChI=1S/C19H18Cl2FNO/c1-23-7-4-11-8-16(22)17(24)10-13(11)18(23)19(5-6-19)14-3-2-12(20)9-15(14)21/h2-3,8-10,18,24H,4-7H2,1H3. The van der Waals surface area contributed by atoms with Gasteiger partial charge >= 0.3 is 0 Å². The molecule has 1 atom stereocenters. The smallest absolute Gasteiger partial charge is 0.165 e. The predicted molar refractivity (Wildman–Crippen MR) is 94.5 cm³/mol. The summed E-state index contributed by atoms with van der Waals surface area (Å²) in [5.41, 5.74) is 2.97. The first-order valence-corrected chi connectivity index (χ1v) is 8.85. The van der Waals surface area contributed by atoms with Crippen LogP contribution in [-0.2, 0) is 11.8 Å². The third kappa shape index (κ3) is 2.42. The van der Waals surface area contributed by atoms with Crippen molar-refractivity contribution in [1.29, 1.82) is 0 Å². The first kappa shape index (κ1) is 16.2. The van der Waals surface area contributed by atoms with E-state index in [1.165, 1.54) is 6.07 Å². The van der Waals surface area contributed by atoms with Gasteiger partial charge in [-0.3, -0.25) is 4.90 Å². The van der Waals surface area contributed by atoms with Crippen LogP contribution < -0.4 is 0 Å². The molecule has 24 heavy (non-hydrogen) atoms. The maximum Gasteiger partial charge on any atom is 0.165 e. The van der Waals surface area contributed by atoms with Crippen molar-refractivity contribution in [2.75, 3.05) is 13.6 Å². The minimum atomic E-state index is -0.550. The molecule has 1 saturated carbocycles. The van der Waals surface area contributed by atoms with Crippen LogP contribution in [0.15, 0.2) is 30.3 Å². The number of hydrogen-bond acceptors (Lipinski definition) is 2. The van der Waals surface area contributed by atoms with Crippen LogP contribution in [-0.4, -0.2) is 23.6 Å². The number of phenols is 1. The molecule has 0 saturated heterocycles. The van der Waals surface area contributed by atoms with E-state index >= 15 is 0 Å². The lowest BCUT2D eigenvalue weighted by Gasteiger charge is -2.40. The molecule has 1 fully saturated rings. The Bertz CT molecular complexity index is 819. The SMILES string of the molecule is CN1CCc2cc(F)c(O)cc2C1C1(c2ccc(Cl)cc2Cl)CC1. The van der Waals surface area contributed by atoms with Gasteiger partial charge < -0.3 is 5.11 Å². The van der Waals surface area contributed by atoms with Crippen LogP contribution in [0, 0.1) is 5.82 Å². The van der Waals surface area contributed by atoms with Gasteiger partial charge in [-0.25, -0.2) is 4.39 Å². The molecule has 5 heteroatoms. The Morgan fingerprint density at radius 1 is 1.21 bits per heavy atom. The minimum Gasteiger partial charge on any atom is -0.505 e. The van der Waals surface area contributed by atoms with Gasteiger partial charge in [-0.1, -0.05) is 29.3 Å². The summed E-state index contributed by atoms with van der Waals surface area (Å²) in [7, 11) is 2.08. The zero-order chi connectivity index (χ0) is 17.1. The molecule has 0 aromatic heterocycles. The molecule has 126 valence electrons. The minimum absolute atomic E-state index is 0.0754. The van der Waals surface area contributed by atoms with Gasteiger partial charge in [-0.15, -0.1) is 0 Å². The van der Waals surface area contributed by atoms with Crippen LogP contribution in [0.3, 0.4) is 0 Å². The number of benzene rings is 2. The fourth-order valence-electron chi connectivity index (χ4n) is 4.19. The van der Waals surface area contributed by atoms with Crippen molar-refractivity contribution in [2.24, 2.45) is 0 Å². The molecule has 2 aromatic rings. The van der Waals surface area contributed by atoms with Crippen molar-refractivity contribution in [3.63, 3.8) is 0 Å². The third-order valence-electron chi connectivity index (χ3n) is 5.46. The van der Waals surface area contributed by atoms with Gasteiger partial charge in [0.15, 0.2) is 11.6 Å². The van der Waals surface area contributed by atoms with E-state index in [1.54, 1.807) is 12.1 Å². The predicted octanol–water partition coefficient (Wildman–Crippen LogP) is 5.10. The summed E-state index contributed by atoms with van der Waals surface area (Å²) in [6.45, 7) is 0.856. The summed E-state index contributed by atoms with van der Waals surface area (Å²) < 4.78 is 13.8. The van der Waals surface area contributed by atoms with Crippen molar-refractivity contribution in [1.82, 2.24) is 4.90 Å². The Morgan fingerprint density at radius 2 is 1.96 bits per heavy atom. The van der Waals surface area contributed by atoms with Crippen molar-refractivity contribution < 1.29 is 9.50 Å². The molecule has 1 N–H and O–H groups in total. The van der Waals surface area contributed by atoms with E-state index in [-0.39, 0.29) is 17.2 Å². The number of likely N-dealkylation sites (N-methyl/N-ethyl adjacent to an activating group) is 1. The molecular formula is C19H18Cl2FNO. The van der Waals surface area contributed by atoms with E-state index < -0.39 is 5.82 Å². The number of hydrogen-bond donors (Lipinski definition) is 1. The van der Waals surface area contributed by atoms with Crippen LogP contribution in [0.2, 0.25) is 10.0 Å². The molecular weight excluding hydrogens is 348 g/mol. The summed E-state index contributed by atoms with van der Waals surface area (Å²) in [5.74, 6) is -0.835. The van der Waals surface area contributed by atoms with Gasteiger partial charge in [0, 0.05) is 28.0 Å². The van der Waals surface area contributed by atoms with Gasteiger partial charge in [-0.2, -0.15) is 0 Å². The summed E-state index contributed by atoms with van der Waals surface area (Å²) >= 11 is 12.5. The molecule has 2 aliphatic rings. The maximum absolute atomic E-state index is 13.8. The highest BCUT2D eigenvalue weighted by Crippen LogP contribution is 2.61. The second-order valence-corrected chi connectivity index (χ2v) is 7.76. The highest BCUT2D eigenvalue weighted by molar-refractivity contribution is 6.35. The molecule has 2 aromatic carbocycles. The molecule has 0 amide bonds. The Hall–Kier alpha value is -1.29. The highest BCUT2D eigenvalue weighted by Gasteiger charge is 2.54. The quantitative estimate of drug-likeness (QED) is 0.800. The molecule has 1 unspecified atom stereocenters. The molecule has 0 radical (unpaired) electrons. The normalized spacial score (nSPS) is 22.2. The zero-order valence-electron chi connectivity index (χ0n) is 13.3. The van der Waals surface area contributed by atoms with Gasteiger partial charge in [0.1, 0.15) is 0 Å². The lowest BCUT2D eigenvalue weighted by molar-refractivity contribution is 0.187. The van der Waals surface area contributed by atoms with Crippen LogP contribution >= 0.6 is 23.2 Å². The fourth-order valence-corrected chi connectivity index (χ4v) is 4.79. The van der Waals surface area contributed by atoms with Crippen molar-refractivity contribution in [3.8, 4) is 5.75 Å². The van der Waals surface area contributed by atoms with Gasteiger partial charge in [0.05, 0.1) is 0 Å². The number of fused-ring (bicyclic) bond motifs is 1. The van der Waals surface area contributed by atoms with E-state index in [9.17, 15) is 9.50 Å². The van der Waals surface area contributed by atoms with E-state index in [1.807, 2.05) is 12.1 Å². The van der Waals surface area contributed by atoms with Crippen molar-refractivity contribution in [3.05, 3.63) is 62.9 Å². The molecule has 1 aliphatic heterocycles. The van der Waals surface area contributed by atoms with Crippen LogP contribution in [0.5, 0.6) is 5.75 Å². The van der Waals surface area contributed by atoms with Gasteiger partial charge in [-0.05, 0) is 67.3 Å². The molecule has 4 rings (SSSR count). The first-order chi connectivity index (χ1) is 11.4. The number of halogens is 3. The Balaban J connectivity index is 1.86. The van der Waals surface area contributed by atoms with Crippen LogP contribution in [0.4, 0.5) is 4.39 Å². The Labute approximate surface area is 150 Å². The van der Waals surface area contributed by atoms with E-state index in [0.29, 0.717) is 10.0 Å². The lowest BCUT2D eigenvalue weighted by Crippen LogP contribution is -2.39. The molecule has 0 bridgehead atoms. The third-order valence-corrected chi connectivity index (χ3v) is 6.01. The molecule has 1 aliphatic carbocycles. The van der Waals surface area contributed by atoms with Crippen LogP contribution in [0.25, 0.3) is 0 Å². The zero-order valence-corrected chi connectivity index (χ0v) is 14.8. The van der Waals surface area contributed by atoms with Crippen LogP contribution in [0.1, 0.15) is 35.6 Å². The molecule has 0 spiro atoms. The highest BCUT2D eigenvalue weighted by atomic mass is 35.5. The van der Waals surface area contributed by atoms with Crippen molar-refractivity contribution >= 4 is 23.2 Å². The second-order valence-electron chi connectivity index (χ2n) is 6.92. The topological polar surface area (TPSA) is 23.5 Å². The van der Waals surface area contributed by atoms with Gasteiger partial charge in [0.25, 0.3) is 0 Å². The fraction of sp³-hybridized carbons (Fsp3) is 0.368. The average molecular weight is 366 g/mol. The summed E-state index contributed by atoms with van der Waals surface area (Å²) in [5, 5.41) is 11.2. The number of nitrogens with zero attached hydrogens (tertiary/aromatic N) is 1. The average Bonchev–Trinajstić information content (AvgIpc) is 3.30.